The summed E-state index contributed by atoms with van der Waals surface area (Å²) in [6, 6.07) is 15.9. The van der Waals surface area contributed by atoms with Gasteiger partial charge in [-0.3, -0.25) is 10.2 Å². The van der Waals surface area contributed by atoms with Crippen LogP contribution in [0.25, 0.3) is 6.08 Å². The first-order valence-corrected chi connectivity index (χ1v) is 12.0. The molecular weight excluding hydrogens is 426 g/mol. The molecule has 1 saturated carbocycles. The molecule has 1 amide bonds. The smallest absolute Gasteiger partial charge is 0.354 e. The summed E-state index contributed by atoms with van der Waals surface area (Å²) in [5.74, 6) is -2.07. The molecule has 0 bridgehead atoms. The molecule has 0 atom stereocenters. The first-order valence-electron chi connectivity index (χ1n) is 12.0. The van der Waals surface area contributed by atoms with E-state index in [0.717, 1.165) is 24.9 Å². The van der Waals surface area contributed by atoms with Crippen LogP contribution in [0.4, 0.5) is 11.4 Å². The number of nitrogens with zero attached hydrogens (tertiary/aromatic N) is 1. The van der Waals surface area contributed by atoms with Crippen molar-refractivity contribution in [3.63, 3.8) is 0 Å². The van der Waals surface area contributed by atoms with Crippen molar-refractivity contribution in [3.8, 4) is 0 Å². The average molecular weight is 458 g/mol. The fourth-order valence-corrected chi connectivity index (χ4v) is 4.88. The number of rotatable bonds is 7. The highest BCUT2D eigenvalue weighted by Crippen LogP contribution is 2.34. The fourth-order valence-electron chi connectivity index (χ4n) is 4.88. The Hall–Kier alpha value is -3.67. The van der Waals surface area contributed by atoms with Crippen LogP contribution in [0.3, 0.4) is 0 Å². The zero-order chi connectivity index (χ0) is 23.9. The molecule has 2 aliphatic rings. The molecular formula is C28H31N3O3. The van der Waals surface area contributed by atoms with Crippen LogP contribution in [-0.4, -0.2) is 35.3 Å². The van der Waals surface area contributed by atoms with Gasteiger partial charge in [-0.25, -0.2) is 4.79 Å². The number of nitrogens with one attached hydrogen (secondary N) is 2. The van der Waals surface area contributed by atoms with E-state index in [4.69, 9.17) is 5.41 Å². The van der Waals surface area contributed by atoms with Crippen LogP contribution in [0.15, 0.2) is 66.3 Å². The summed E-state index contributed by atoms with van der Waals surface area (Å²) >= 11 is 0. The highest BCUT2D eigenvalue weighted by molar-refractivity contribution is 6.48. The predicted molar refractivity (Wildman–Crippen MR) is 137 cm³/mol. The number of fused-ring (bicyclic) bond motifs is 1. The molecule has 34 heavy (non-hydrogen) atoms. The van der Waals surface area contributed by atoms with E-state index in [1.54, 1.807) is 30.3 Å². The monoisotopic (exact) mass is 457 g/mol. The van der Waals surface area contributed by atoms with Gasteiger partial charge in [-0.05, 0) is 67.2 Å². The number of benzene rings is 2. The lowest BCUT2D eigenvalue weighted by molar-refractivity contribution is -0.129. The van der Waals surface area contributed by atoms with E-state index in [2.05, 4.69) is 28.4 Å². The number of carbonyl (C=O) groups excluding carboxylic acids is 1. The van der Waals surface area contributed by atoms with Gasteiger partial charge in [0.15, 0.2) is 5.71 Å². The zero-order valence-electron chi connectivity index (χ0n) is 19.3. The number of hydrogen-bond donors (Lipinski definition) is 3. The molecule has 0 radical (unpaired) electrons. The predicted octanol–water partition coefficient (Wildman–Crippen LogP) is 5.45. The van der Waals surface area contributed by atoms with Crippen LogP contribution >= 0.6 is 0 Å². The van der Waals surface area contributed by atoms with E-state index >= 15 is 0 Å². The molecule has 1 aliphatic heterocycles. The van der Waals surface area contributed by atoms with E-state index < -0.39 is 17.6 Å². The van der Waals surface area contributed by atoms with Crippen LogP contribution in [-0.2, 0) is 16.0 Å². The summed E-state index contributed by atoms with van der Waals surface area (Å²) in [5.41, 5.74) is 3.26. The lowest BCUT2D eigenvalue weighted by atomic mass is 9.90. The van der Waals surface area contributed by atoms with Gasteiger partial charge in [-0.1, -0.05) is 55.7 Å². The lowest BCUT2D eigenvalue weighted by Crippen LogP contribution is -2.40. The number of carbonyl (C=O) groups is 2. The highest BCUT2D eigenvalue weighted by Gasteiger charge is 2.25. The molecule has 2 aromatic rings. The van der Waals surface area contributed by atoms with Crippen LogP contribution in [0.2, 0.25) is 0 Å². The van der Waals surface area contributed by atoms with Crippen LogP contribution in [0, 0.1) is 5.41 Å². The number of aliphatic carboxylic acids is 1. The van der Waals surface area contributed by atoms with Gasteiger partial charge < -0.3 is 15.3 Å². The number of carboxylic acid groups (broad SMARTS) is 1. The molecule has 6 heteroatoms. The Balaban J connectivity index is 1.52. The standard InChI is InChI=1S/C28H31N3O3/c29-26(28(33)34)24(27(32)30-22-11-3-1-4-12-22)15-7-9-20-16-17-25-21(19-20)10-8-18-31(25)23-13-5-2-6-14-23/h1,3-4,7,9,11-12,15-17,19,23,29H,2,5-6,8,10,13-14,18H2,(H,30,32)(H,33,34)/b9-7+,24-15-,29-26?. The Bertz CT molecular complexity index is 1110. The minimum absolute atomic E-state index is 0.200. The third kappa shape index (κ3) is 5.63. The van der Waals surface area contributed by atoms with E-state index in [9.17, 15) is 14.7 Å². The normalized spacial score (nSPS) is 16.8. The van der Waals surface area contributed by atoms with Crippen molar-refractivity contribution in [1.29, 1.82) is 5.41 Å². The maximum Gasteiger partial charge on any atom is 0.354 e. The zero-order valence-corrected chi connectivity index (χ0v) is 19.3. The minimum atomic E-state index is -1.44. The molecule has 0 unspecified atom stereocenters. The summed E-state index contributed by atoms with van der Waals surface area (Å²) in [7, 11) is 0. The Morgan fingerprint density at radius 1 is 1.03 bits per heavy atom. The molecule has 4 rings (SSSR count). The van der Waals surface area contributed by atoms with Gasteiger partial charge in [0.2, 0.25) is 0 Å². The average Bonchev–Trinajstić information content (AvgIpc) is 2.86. The first-order chi connectivity index (χ1) is 16.5. The van der Waals surface area contributed by atoms with Gasteiger partial charge in [0.05, 0.1) is 5.57 Å². The van der Waals surface area contributed by atoms with Gasteiger partial charge >= 0.3 is 5.97 Å². The molecule has 0 saturated heterocycles. The topological polar surface area (TPSA) is 93.5 Å². The van der Waals surface area contributed by atoms with Crippen molar-refractivity contribution in [1.82, 2.24) is 0 Å². The molecule has 1 aliphatic carbocycles. The lowest BCUT2D eigenvalue weighted by Gasteiger charge is -2.40. The van der Waals surface area contributed by atoms with Gasteiger partial charge in [0, 0.05) is 24.0 Å². The summed E-state index contributed by atoms with van der Waals surface area (Å²) in [6.45, 7) is 1.12. The van der Waals surface area contributed by atoms with E-state index in [-0.39, 0.29) is 5.57 Å². The third-order valence-electron chi connectivity index (χ3n) is 6.58. The molecule has 3 N–H and O–H groups in total. The van der Waals surface area contributed by atoms with E-state index in [1.165, 1.54) is 49.4 Å². The van der Waals surface area contributed by atoms with Crippen molar-refractivity contribution in [2.75, 3.05) is 16.8 Å². The summed E-state index contributed by atoms with van der Waals surface area (Å²) in [6.07, 6.45) is 13.6. The number of anilines is 2. The number of para-hydroxylation sites is 1. The highest BCUT2D eigenvalue weighted by atomic mass is 16.4. The number of amides is 1. The number of allylic oxidation sites excluding steroid dienone is 2. The van der Waals surface area contributed by atoms with Crippen LogP contribution < -0.4 is 10.2 Å². The molecule has 176 valence electrons. The van der Waals surface area contributed by atoms with Crippen molar-refractivity contribution in [2.24, 2.45) is 0 Å². The molecule has 2 aromatic carbocycles. The van der Waals surface area contributed by atoms with Crippen molar-refractivity contribution >= 4 is 35.0 Å². The van der Waals surface area contributed by atoms with Gasteiger partial charge in [0.25, 0.3) is 5.91 Å². The Labute approximate surface area is 200 Å². The van der Waals surface area contributed by atoms with Gasteiger partial charge in [-0.15, -0.1) is 0 Å². The quantitative estimate of drug-likeness (QED) is 0.293. The summed E-state index contributed by atoms with van der Waals surface area (Å²) < 4.78 is 0. The van der Waals surface area contributed by atoms with Crippen molar-refractivity contribution < 1.29 is 14.7 Å². The number of hydrogen-bond acceptors (Lipinski definition) is 4. The van der Waals surface area contributed by atoms with Gasteiger partial charge in [0.1, 0.15) is 0 Å². The first kappa shape index (κ1) is 23.5. The van der Waals surface area contributed by atoms with Crippen molar-refractivity contribution in [3.05, 3.63) is 77.4 Å². The third-order valence-corrected chi connectivity index (χ3v) is 6.58. The minimum Gasteiger partial charge on any atom is -0.477 e. The van der Waals surface area contributed by atoms with E-state index in [1.807, 2.05) is 12.1 Å². The van der Waals surface area contributed by atoms with E-state index in [0.29, 0.717) is 11.7 Å². The Kier molecular flexibility index (Phi) is 7.58. The molecule has 1 heterocycles. The largest absolute Gasteiger partial charge is 0.477 e. The Morgan fingerprint density at radius 2 is 1.79 bits per heavy atom. The Morgan fingerprint density at radius 3 is 2.53 bits per heavy atom. The maximum atomic E-state index is 12.7. The van der Waals surface area contributed by atoms with Crippen LogP contribution in [0.5, 0.6) is 0 Å². The second-order valence-corrected chi connectivity index (χ2v) is 8.92. The molecule has 0 spiro atoms. The summed E-state index contributed by atoms with van der Waals surface area (Å²) in [4.78, 5) is 26.6. The molecule has 1 fully saturated rings. The second-order valence-electron chi connectivity index (χ2n) is 8.92. The fraction of sp³-hybridized carbons (Fsp3) is 0.321. The second kappa shape index (κ2) is 11.0. The summed E-state index contributed by atoms with van der Waals surface area (Å²) in [5, 5.41) is 19.8. The number of carboxylic acids is 1. The molecule has 0 aromatic heterocycles. The molecule has 6 nitrogen and oxygen atoms in total. The van der Waals surface area contributed by atoms with Gasteiger partial charge in [-0.2, -0.15) is 0 Å². The number of aryl methyl sites for hydroxylation is 1. The van der Waals surface area contributed by atoms with Crippen LogP contribution in [0.1, 0.15) is 49.7 Å². The maximum absolute atomic E-state index is 12.7. The van der Waals surface area contributed by atoms with Crippen molar-refractivity contribution in [2.45, 2.75) is 51.0 Å². The SMILES string of the molecule is N=C(C(=O)O)/C(=C/C=C/c1ccc2c(c1)CCCN2C1CCCCC1)C(=O)Nc1ccccc1.